The molecule has 0 aromatic heterocycles. The van der Waals surface area contributed by atoms with E-state index in [9.17, 15) is 5.11 Å². The predicted molar refractivity (Wildman–Crippen MR) is 105 cm³/mol. The highest BCUT2D eigenvalue weighted by Crippen LogP contribution is 2.15. The smallest absolute Gasteiger partial charge is 0.191 e. The number of nitrogens with one attached hydrogen (secondary N) is 2. The summed E-state index contributed by atoms with van der Waals surface area (Å²) in [5.74, 6) is 2.17. The van der Waals surface area contributed by atoms with Crippen LogP contribution in [0.15, 0.2) is 29.3 Å². The van der Waals surface area contributed by atoms with Gasteiger partial charge in [-0.3, -0.25) is 0 Å². The topological polar surface area (TPSA) is 65.9 Å². The minimum Gasteiger partial charge on any atom is -0.491 e. The summed E-state index contributed by atoms with van der Waals surface area (Å²) in [6.07, 6.45) is 3.23. The average molecular weight is 350 g/mol. The largest absolute Gasteiger partial charge is 0.491 e. The van der Waals surface area contributed by atoms with Gasteiger partial charge < -0.3 is 20.5 Å². The van der Waals surface area contributed by atoms with E-state index in [1.165, 1.54) is 0 Å². The summed E-state index contributed by atoms with van der Waals surface area (Å²) < 4.78 is 5.74. The second kappa shape index (κ2) is 12.6. The molecule has 0 heterocycles. The Morgan fingerprint density at radius 1 is 1.20 bits per heavy atom. The molecule has 0 saturated heterocycles. The molecule has 5 heteroatoms. The third-order valence-electron chi connectivity index (χ3n) is 3.83. The van der Waals surface area contributed by atoms with Crippen molar-refractivity contribution in [2.24, 2.45) is 10.9 Å². The molecule has 0 bridgehead atoms. The Morgan fingerprint density at radius 3 is 2.64 bits per heavy atom. The molecule has 0 radical (unpaired) electrons. The van der Waals surface area contributed by atoms with Crippen molar-refractivity contribution in [2.75, 3.05) is 19.7 Å². The van der Waals surface area contributed by atoms with E-state index >= 15 is 0 Å². The van der Waals surface area contributed by atoms with Gasteiger partial charge >= 0.3 is 0 Å². The first-order valence-corrected chi connectivity index (χ1v) is 9.47. The van der Waals surface area contributed by atoms with Gasteiger partial charge in [-0.1, -0.05) is 25.5 Å². The lowest BCUT2D eigenvalue weighted by atomic mass is 10.0. The summed E-state index contributed by atoms with van der Waals surface area (Å²) in [4.78, 5) is 4.67. The quantitative estimate of drug-likeness (QED) is 0.423. The summed E-state index contributed by atoms with van der Waals surface area (Å²) in [6.45, 7) is 10.8. The van der Waals surface area contributed by atoms with Gasteiger partial charge in [-0.25, -0.2) is 4.99 Å². The Bertz CT molecular complexity index is 497. The zero-order valence-corrected chi connectivity index (χ0v) is 16.2. The Balaban J connectivity index is 2.65. The van der Waals surface area contributed by atoms with Crippen molar-refractivity contribution in [3.05, 3.63) is 29.8 Å². The van der Waals surface area contributed by atoms with Gasteiger partial charge in [0, 0.05) is 19.7 Å². The van der Waals surface area contributed by atoms with Crippen LogP contribution in [0, 0.1) is 5.92 Å². The van der Waals surface area contributed by atoms with E-state index in [2.05, 4.69) is 35.5 Å². The maximum absolute atomic E-state index is 9.19. The molecule has 1 aromatic carbocycles. The van der Waals surface area contributed by atoms with Crippen molar-refractivity contribution in [3.63, 3.8) is 0 Å². The first kappa shape index (κ1) is 21.3. The molecule has 1 atom stereocenters. The average Bonchev–Trinajstić information content (AvgIpc) is 2.57. The van der Waals surface area contributed by atoms with Gasteiger partial charge in [0.15, 0.2) is 5.96 Å². The minimum absolute atomic E-state index is 0.166. The van der Waals surface area contributed by atoms with E-state index in [4.69, 9.17) is 4.74 Å². The molecule has 3 N–H and O–H groups in total. The van der Waals surface area contributed by atoms with E-state index in [-0.39, 0.29) is 12.7 Å². The highest BCUT2D eigenvalue weighted by Gasteiger charge is 2.08. The van der Waals surface area contributed by atoms with Crippen molar-refractivity contribution in [1.82, 2.24) is 10.6 Å². The molecule has 1 aromatic rings. The number of aliphatic imine (C=N–C) groups is 1. The first-order chi connectivity index (χ1) is 12.1. The van der Waals surface area contributed by atoms with E-state index in [1.54, 1.807) is 0 Å². The number of guanidine groups is 1. The van der Waals surface area contributed by atoms with Crippen molar-refractivity contribution in [1.29, 1.82) is 0 Å². The molecular formula is C20H35N3O2. The second-order valence-electron chi connectivity index (χ2n) is 6.56. The number of hydrogen-bond donors (Lipinski definition) is 3. The maximum Gasteiger partial charge on any atom is 0.191 e. The monoisotopic (exact) mass is 349 g/mol. The normalized spacial score (nSPS) is 13.0. The van der Waals surface area contributed by atoms with Gasteiger partial charge in [-0.2, -0.15) is 0 Å². The number of aliphatic hydroxyl groups excluding tert-OH is 1. The van der Waals surface area contributed by atoms with Crippen molar-refractivity contribution in [3.8, 4) is 5.75 Å². The molecule has 1 unspecified atom stereocenters. The molecule has 5 nitrogen and oxygen atoms in total. The van der Waals surface area contributed by atoms with Crippen molar-refractivity contribution < 1.29 is 9.84 Å². The number of nitrogens with zero attached hydrogens (tertiary/aromatic N) is 1. The lowest BCUT2D eigenvalue weighted by Crippen LogP contribution is -2.40. The SMILES string of the molecule is CCCC(CCO)CNC(=NCc1cccc(OC(C)C)c1)NCC. The zero-order valence-electron chi connectivity index (χ0n) is 16.2. The molecule has 25 heavy (non-hydrogen) atoms. The number of rotatable bonds is 11. The van der Waals surface area contributed by atoms with Crippen LogP contribution >= 0.6 is 0 Å². The molecule has 142 valence electrons. The van der Waals surface area contributed by atoms with Gasteiger partial charge in [0.05, 0.1) is 12.6 Å². The number of ether oxygens (including phenoxy) is 1. The molecule has 0 aliphatic heterocycles. The maximum atomic E-state index is 9.19. The van der Waals surface area contributed by atoms with Crippen LogP contribution in [-0.4, -0.2) is 36.9 Å². The molecule has 0 fully saturated rings. The highest BCUT2D eigenvalue weighted by atomic mass is 16.5. The van der Waals surface area contributed by atoms with Gasteiger partial charge in [0.25, 0.3) is 0 Å². The van der Waals surface area contributed by atoms with Crippen LogP contribution in [0.2, 0.25) is 0 Å². The standard InChI is InChI=1S/C20H35N3O2/c1-5-8-17(11-12-24)14-22-20(21-6-2)23-15-18-9-7-10-19(13-18)25-16(3)4/h7,9-10,13,16-17,24H,5-6,8,11-12,14-15H2,1-4H3,(H2,21,22,23). The summed E-state index contributed by atoms with van der Waals surface area (Å²) >= 11 is 0. The lowest BCUT2D eigenvalue weighted by molar-refractivity contribution is 0.242. The number of hydrogen-bond acceptors (Lipinski definition) is 3. The summed E-state index contributed by atoms with van der Waals surface area (Å²) in [6, 6.07) is 8.08. The number of aliphatic hydroxyl groups is 1. The van der Waals surface area contributed by atoms with Crippen LogP contribution in [0.1, 0.15) is 52.5 Å². The number of benzene rings is 1. The van der Waals surface area contributed by atoms with E-state index in [0.29, 0.717) is 12.5 Å². The van der Waals surface area contributed by atoms with E-state index in [0.717, 1.165) is 49.6 Å². The van der Waals surface area contributed by atoms with Crippen LogP contribution in [0.4, 0.5) is 0 Å². The zero-order chi connectivity index (χ0) is 18.5. The van der Waals surface area contributed by atoms with Gasteiger partial charge in [0.1, 0.15) is 5.75 Å². The molecule has 0 amide bonds. The van der Waals surface area contributed by atoms with E-state index in [1.807, 2.05) is 32.0 Å². The third-order valence-corrected chi connectivity index (χ3v) is 3.83. The van der Waals surface area contributed by atoms with Crippen LogP contribution in [0.25, 0.3) is 0 Å². The summed E-state index contributed by atoms with van der Waals surface area (Å²) in [5.41, 5.74) is 1.12. The van der Waals surface area contributed by atoms with Gasteiger partial charge in [-0.15, -0.1) is 0 Å². The second-order valence-corrected chi connectivity index (χ2v) is 6.56. The van der Waals surface area contributed by atoms with Crippen LogP contribution < -0.4 is 15.4 Å². The van der Waals surface area contributed by atoms with Crippen LogP contribution in [0.5, 0.6) is 5.75 Å². The molecule has 0 aliphatic rings. The first-order valence-electron chi connectivity index (χ1n) is 9.47. The van der Waals surface area contributed by atoms with Crippen LogP contribution in [0.3, 0.4) is 0 Å². The fourth-order valence-corrected chi connectivity index (χ4v) is 2.68. The summed E-state index contributed by atoms with van der Waals surface area (Å²) in [5, 5.41) is 15.9. The Labute approximate surface area is 152 Å². The lowest BCUT2D eigenvalue weighted by Gasteiger charge is -2.18. The fourth-order valence-electron chi connectivity index (χ4n) is 2.68. The Hall–Kier alpha value is -1.75. The molecule has 0 saturated carbocycles. The fraction of sp³-hybridized carbons (Fsp3) is 0.650. The molecular weight excluding hydrogens is 314 g/mol. The van der Waals surface area contributed by atoms with Gasteiger partial charge in [-0.05, 0) is 57.2 Å². The third kappa shape index (κ3) is 9.34. The van der Waals surface area contributed by atoms with E-state index < -0.39 is 0 Å². The summed E-state index contributed by atoms with van der Waals surface area (Å²) in [7, 11) is 0. The predicted octanol–water partition coefficient (Wildman–Crippen LogP) is 3.33. The Morgan fingerprint density at radius 2 is 2.00 bits per heavy atom. The van der Waals surface area contributed by atoms with Crippen molar-refractivity contribution >= 4 is 5.96 Å². The van der Waals surface area contributed by atoms with Crippen molar-refractivity contribution in [2.45, 2.75) is 59.6 Å². The molecule has 1 rings (SSSR count). The molecule has 0 aliphatic carbocycles. The molecule has 0 spiro atoms. The van der Waals surface area contributed by atoms with Gasteiger partial charge in [0.2, 0.25) is 0 Å². The Kier molecular flexibility index (Phi) is 10.7. The highest BCUT2D eigenvalue weighted by molar-refractivity contribution is 5.79. The van der Waals surface area contributed by atoms with Crippen LogP contribution in [-0.2, 0) is 6.54 Å². The minimum atomic E-state index is 0.166.